The monoisotopic (exact) mass is 415 g/mol. The fraction of sp³-hybridized carbons (Fsp3) is 0.100. The van der Waals surface area contributed by atoms with Gasteiger partial charge in [0.2, 0.25) is 9.84 Å². The average molecular weight is 415 g/mol. The number of hydrogen-bond acceptors (Lipinski definition) is 5. The number of sulfone groups is 1. The molecule has 0 aliphatic carbocycles. The molecule has 0 saturated heterocycles. The molecule has 0 atom stereocenters. The number of nitrogens with one attached hydrogen (secondary N) is 2. The summed E-state index contributed by atoms with van der Waals surface area (Å²) in [5.41, 5.74) is 1.22. The molecule has 150 valence electrons. The van der Waals surface area contributed by atoms with E-state index in [2.05, 4.69) is 15.6 Å². The number of halogens is 1. The van der Waals surface area contributed by atoms with Crippen molar-refractivity contribution in [3.8, 4) is 5.75 Å². The van der Waals surface area contributed by atoms with Gasteiger partial charge in [-0.2, -0.15) is 0 Å². The van der Waals surface area contributed by atoms with Crippen molar-refractivity contribution < 1.29 is 22.3 Å². The van der Waals surface area contributed by atoms with E-state index in [0.717, 1.165) is 11.6 Å². The van der Waals surface area contributed by atoms with Gasteiger partial charge in [0.1, 0.15) is 16.5 Å². The number of rotatable bonds is 6. The van der Waals surface area contributed by atoms with E-state index in [1.807, 2.05) is 6.07 Å². The molecule has 2 aromatic carbocycles. The van der Waals surface area contributed by atoms with Crippen LogP contribution in [0.2, 0.25) is 0 Å². The lowest BCUT2D eigenvalue weighted by Gasteiger charge is -2.11. The maximum Gasteiger partial charge on any atom is 0.319 e. The van der Waals surface area contributed by atoms with Gasteiger partial charge in [0.25, 0.3) is 0 Å². The topological polar surface area (TPSA) is 97.4 Å². The van der Waals surface area contributed by atoms with E-state index >= 15 is 0 Å². The molecule has 1 aromatic heterocycles. The first-order valence-electron chi connectivity index (χ1n) is 8.53. The number of anilines is 1. The number of hydrogen-bond donors (Lipinski definition) is 2. The molecule has 3 aromatic rings. The first-order valence-corrected chi connectivity index (χ1v) is 10.0. The number of nitrogens with zero attached hydrogens (tertiary/aromatic N) is 1. The molecule has 2 N–H and O–H groups in total. The van der Waals surface area contributed by atoms with Gasteiger partial charge in [-0.1, -0.05) is 12.1 Å². The van der Waals surface area contributed by atoms with Gasteiger partial charge in [-0.25, -0.2) is 17.6 Å². The molecule has 3 rings (SSSR count). The van der Waals surface area contributed by atoms with Gasteiger partial charge in [-0.05, 0) is 48.0 Å². The van der Waals surface area contributed by atoms with Crippen LogP contribution < -0.4 is 15.4 Å². The summed E-state index contributed by atoms with van der Waals surface area (Å²) in [4.78, 5) is 15.3. The lowest BCUT2D eigenvalue weighted by molar-refractivity contribution is 0.251. The van der Waals surface area contributed by atoms with E-state index in [1.54, 1.807) is 18.5 Å². The largest absolute Gasteiger partial charge is 0.495 e. The van der Waals surface area contributed by atoms with E-state index in [4.69, 9.17) is 4.74 Å². The van der Waals surface area contributed by atoms with Crippen molar-refractivity contribution in [1.82, 2.24) is 10.3 Å². The Hall–Kier alpha value is -3.46. The SMILES string of the molecule is COc1cccc(F)c1S(=O)(=O)c1ccc(NC(=O)NCc2cccnc2)cc1. The minimum Gasteiger partial charge on any atom is -0.495 e. The predicted octanol–water partition coefficient (Wildman–Crippen LogP) is 3.38. The maximum absolute atomic E-state index is 14.2. The number of ether oxygens (including phenoxy) is 1. The number of pyridine rings is 1. The highest BCUT2D eigenvalue weighted by atomic mass is 32.2. The molecule has 0 radical (unpaired) electrons. The zero-order valence-electron chi connectivity index (χ0n) is 15.4. The van der Waals surface area contributed by atoms with Crippen LogP contribution in [-0.4, -0.2) is 26.5 Å². The van der Waals surface area contributed by atoms with Crippen molar-refractivity contribution >= 4 is 21.6 Å². The van der Waals surface area contributed by atoms with E-state index in [9.17, 15) is 17.6 Å². The minimum atomic E-state index is -4.14. The van der Waals surface area contributed by atoms with Crippen LogP contribution in [-0.2, 0) is 16.4 Å². The normalized spacial score (nSPS) is 11.0. The molecule has 29 heavy (non-hydrogen) atoms. The molecular weight excluding hydrogens is 397 g/mol. The van der Waals surface area contributed by atoms with Gasteiger partial charge >= 0.3 is 6.03 Å². The molecule has 0 fully saturated rings. The number of carbonyl (C=O) groups is 1. The highest BCUT2D eigenvalue weighted by Gasteiger charge is 2.26. The minimum absolute atomic E-state index is 0.0815. The summed E-state index contributed by atoms with van der Waals surface area (Å²) in [6.45, 7) is 0.291. The Balaban J connectivity index is 1.72. The van der Waals surface area contributed by atoms with Crippen molar-refractivity contribution in [2.75, 3.05) is 12.4 Å². The van der Waals surface area contributed by atoms with Crippen molar-refractivity contribution in [2.45, 2.75) is 16.3 Å². The van der Waals surface area contributed by atoms with E-state index < -0.39 is 26.6 Å². The predicted molar refractivity (Wildman–Crippen MR) is 105 cm³/mol. The molecule has 9 heteroatoms. The van der Waals surface area contributed by atoms with Crippen LogP contribution in [0.15, 0.2) is 76.8 Å². The summed E-state index contributed by atoms with van der Waals surface area (Å²) >= 11 is 0. The van der Waals surface area contributed by atoms with Crippen LogP contribution in [0.25, 0.3) is 0 Å². The van der Waals surface area contributed by atoms with Crippen molar-refractivity contribution in [3.05, 3.63) is 78.4 Å². The Bertz CT molecular complexity index is 1100. The third-order valence-corrected chi connectivity index (χ3v) is 5.84. The third-order valence-electron chi connectivity index (χ3n) is 4.02. The molecule has 0 saturated carbocycles. The number of aromatic nitrogens is 1. The second kappa shape index (κ2) is 8.70. The molecule has 0 bridgehead atoms. The summed E-state index contributed by atoms with van der Waals surface area (Å²) in [6.07, 6.45) is 3.27. The van der Waals surface area contributed by atoms with Gasteiger partial charge in [0.05, 0.1) is 12.0 Å². The van der Waals surface area contributed by atoms with Gasteiger partial charge < -0.3 is 15.4 Å². The Morgan fingerprint density at radius 2 is 1.86 bits per heavy atom. The number of urea groups is 1. The standard InChI is InChI=1S/C20H18FN3O4S/c1-28-18-6-2-5-17(21)19(18)29(26,27)16-9-7-15(8-10-16)24-20(25)23-13-14-4-3-11-22-12-14/h2-12H,13H2,1H3,(H2,23,24,25). The second-order valence-corrected chi connectivity index (χ2v) is 7.85. The first-order chi connectivity index (χ1) is 13.9. The zero-order chi connectivity index (χ0) is 20.9. The number of amides is 2. The summed E-state index contributed by atoms with van der Waals surface area (Å²) in [7, 11) is -2.87. The lowest BCUT2D eigenvalue weighted by Crippen LogP contribution is -2.28. The van der Waals surface area contributed by atoms with Crippen LogP contribution in [0.3, 0.4) is 0 Å². The van der Waals surface area contributed by atoms with Gasteiger partial charge in [0, 0.05) is 24.6 Å². The molecule has 7 nitrogen and oxygen atoms in total. The third kappa shape index (κ3) is 4.69. The summed E-state index contributed by atoms with van der Waals surface area (Å²) < 4.78 is 44.8. The first kappa shape index (κ1) is 20.3. The fourth-order valence-electron chi connectivity index (χ4n) is 2.61. The Kier molecular flexibility index (Phi) is 6.08. The highest BCUT2D eigenvalue weighted by molar-refractivity contribution is 7.91. The number of carbonyl (C=O) groups excluding carboxylic acids is 1. The van der Waals surface area contributed by atoms with Gasteiger partial charge in [0.15, 0.2) is 0 Å². The van der Waals surface area contributed by atoms with Crippen LogP contribution in [0.1, 0.15) is 5.56 Å². The van der Waals surface area contributed by atoms with Crippen LogP contribution in [0.4, 0.5) is 14.9 Å². The quantitative estimate of drug-likeness (QED) is 0.643. The van der Waals surface area contributed by atoms with Crippen molar-refractivity contribution in [2.24, 2.45) is 0 Å². The summed E-state index contributed by atoms with van der Waals surface area (Å²) in [5, 5.41) is 5.27. The number of benzene rings is 2. The number of methoxy groups -OCH3 is 1. The molecule has 2 amide bonds. The Morgan fingerprint density at radius 3 is 2.52 bits per heavy atom. The molecule has 0 spiro atoms. The highest BCUT2D eigenvalue weighted by Crippen LogP contribution is 2.32. The Labute approximate surface area is 167 Å². The smallest absolute Gasteiger partial charge is 0.319 e. The van der Waals surface area contributed by atoms with E-state index in [1.165, 1.54) is 43.5 Å². The summed E-state index contributed by atoms with van der Waals surface area (Å²) in [6, 6.07) is 12.3. The van der Waals surface area contributed by atoms with E-state index in [-0.39, 0.29) is 10.6 Å². The van der Waals surface area contributed by atoms with Crippen LogP contribution in [0, 0.1) is 5.82 Å². The van der Waals surface area contributed by atoms with Gasteiger partial charge in [-0.3, -0.25) is 4.98 Å². The van der Waals surface area contributed by atoms with Gasteiger partial charge in [-0.15, -0.1) is 0 Å². The Morgan fingerprint density at radius 1 is 1.10 bits per heavy atom. The van der Waals surface area contributed by atoms with Crippen LogP contribution in [0.5, 0.6) is 5.75 Å². The molecule has 0 aliphatic rings. The van der Waals surface area contributed by atoms with Crippen molar-refractivity contribution in [1.29, 1.82) is 0 Å². The van der Waals surface area contributed by atoms with Crippen LogP contribution >= 0.6 is 0 Å². The summed E-state index contributed by atoms with van der Waals surface area (Å²) in [5.74, 6) is -0.983. The van der Waals surface area contributed by atoms with Crippen molar-refractivity contribution in [3.63, 3.8) is 0 Å². The molecule has 1 heterocycles. The fourth-order valence-corrected chi connectivity index (χ4v) is 4.08. The maximum atomic E-state index is 14.2. The van der Waals surface area contributed by atoms with E-state index in [0.29, 0.717) is 12.2 Å². The molecule has 0 unspecified atom stereocenters. The molecular formula is C20H18FN3O4S. The zero-order valence-corrected chi connectivity index (χ0v) is 16.2. The molecule has 0 aliphatic heterocycles. The average Bonchev–Trinajstić information content (AvgIpc) is 2.73. The second-order valence-electron chi connectivity index (χ2n) is 5.97. The lowest BCUT2D eigenvalue weighted by atomic mass is 10.3.